The molecule has 0 aliphatic heterocycles. The number of rotatable bonds is 6. The van der Waals surface area contributed by atoms with E-state index in [-0.39, 0.29) is 5.69 Å². The van der Waals surface area contributed by atoms with Crippen LogP contribution in [0.25, 0.3) is 22.8 Å². The summed E-state index contributed by atoms with van der Waals surface area (Å²) in [6, 6.07) is 13.5. The van der Waals surface area contributed by atoms with Gasteiger partial charge in [0.1, 0.15) is 0 Å². The van der Waals surface area contributed by atoms with Gasteiger partial charge in [-0.05, 0) is 24.3 Å². The molecule has 0 amide bonds. The van der Waals surface area contributed by atoms with Crippen molar-refractivity contribution in [1.82, 2.24) is 25.0 Å². The van der Waals surface area contributed by atoms with Gasteiger partial charge in [-0.15, -0.1) is 10.2 Å². The van der Waals surface area contributed by atoms with Gasteiger partial charge in [0.15, 0.2) is 5.82 Å². The summed E-state index contributed by atoms with van der Waals surface area (Å²) < 4.78 is 7.51. The van der Waals surface area contributed by atoms with E-state index in [1.807, 2.05) is 24.3 Å². The lowest BCUT2D eigenvalue weighted by atomic mass is 10.2. The second kappa shape index (κ2) is 8.01. The highest BCUT2D eigenvalue weighted by molar-refractivity contribution is 9.10. The van der Waals surface area contributed by atoms with E-state index in [0.29, 0.717) is 34.0 Å². The van der Waals surface area contributed by atoms with Gasteiger partial charge in [-0.25, -0.2) is 4.68 Å². The Labute approximate surface area is 176 Å². The number of nitro benzene ring substituents is 1. The first-order valence-electron chi connectivity index (χ1n) is 8.18. The fourth-order valence-electron chi connectivity index (χ4n) is 2.49. The zero-order valence-electron chi connectivity index (χ0n) is 14.6. The highest BCUT2D eigenvalue weighted by atomic mass is 79.9. The fourth-order valence-corrected chi connectivity index (χ4v) is 3.65. The van der Waals surface area contributed by atoms with Crippen molar-refractivity contribution in [2.75, 3.05) is 5.84 Å². The molecule has 0 fully saturated rings. The van der Waals surface area contributed by atoms with Crippen molar-refractivity contribution in [3.63, 3.8) is 0 Å². The lowest BCUT2D eigenvalue weighted by Gasteiger charge is -2.04. The number of nitrogens with two attached hydrogens (primary N) is 1. The van der Waals surface area contributed by atoms with E-state index >= 15 is 0 Å². The molecule has 0 aliphatic rings. The predicted molar refractivity (Wildman–Crippen MR) is 109 cm³/mol. The van der Waals surface area contributed by atoms with Crippen LogP contribution in [0, 0.1) is 10.1 Å². The molecule has 0 aliphatic carbocycles. The largest absolute Gasteiger partial charge is 0.338 e. The minimum atomic E-state index is -0.465. The Morgan fingerprint density at radius 1 is 1.17 bits per heavy atom. The Balaban J connectivity index is 1.47. The number of aromatic nitrogens is 5. The molecular weight excluding hydrogens is 462 g/mol. The third kappa shape index (κ3) is 3.98. The molecule has 0 spiro atoms. The van der Waals surface area contributed by atoms with Gasteiger partial charge in [0.05, 0.1) is 10.7 Å². The standard InChI is InChI=1S/C17H12BrN7O3S/c18-13-4-2-1-3-12(13)16-21-22-17(24(16)19)29-9-14-20-15(23-28-14)10-5-7-11(8-6-10)25(26)27/h1-8H,9,19H2. The average Bonchev–Trinajstić information content (AvgIpc) is 3.34. The monoisotopic (exact) mass is 473 g/mol. The van der Waals surface area contributed by atoms with Crippen molar-refractivity contribution in [1.29, 1.82) is 0 Å². The van der Waals surface area contributed by atoms with E-state index in [1.165, 1.54) is 28.6 Å². The van der Waals surface area contributed by atoms with Crippen LogP contribution >= 0.6 is 27.7 Å². The van der Waals surface area contributed by atoms with Crippen molar-refractivity contribution in [2.45, 2.75) is 10.9 Å². The highest BCUT2D eigenvalue weighted by Crippen LogP contribution is 2.29. The molecule has 0 unspecified atom stereocenters. The Kier molecular flexibility index (Phi) is 5.27. The first kappa shape index (κ1) is 19.1. The summed E-state index contributed by atoms with van der Waals surface area (Å²) in [7, 11) is 0. The SMILES string of the molecule is Nn1c(SCc2nc(-c3ccc([N+](=O)[O-])cc3)no2)nnc1-c1ccccc1Br. The van der Waals surface area contributed by atoms with Crippen LogP contribution in [0.4, 0.5) is 5.69 Å². The van der Waals surface area contributed by atoms with Crippen molar-refractivity contribution in [2.24, 2.45) is 0 Å². The van der Waals surface area contributed by atoms with Gasteiger partial charge in [-0.1, -0.05) is 45.0 Å². The molecule has 2 aromatic heterocycles. The number of nitrogens with zero attached hydrogens (tertiary/aromatic N) is 6. The van der Waals surface area contributed by atoms with E-state index in [1.54, 1.807) is 12.1 Å². The zero-order chi connectivity index (χ0) is 20.4. The van der Waals surface area contributed by atoms with Gasteiger partial charge in [-0.3, -0.25) is 10.1 Å². The van der Waals surface area contributed by atoms with Gasteiger partial charge in [0, 0.05) is 27.7 Å². The van der Waals surface area contributed by atoms with Crippen LogP contribution < -0.4 is 5.84 Å². The second-order valence-corrected chi connectivity index (χ2v) is 7.56. The van der Waals surface area contributed by atoms with E-state index in [9.17, 15) is 10.1 Å². The normalized spacial score (nSPS) is 10.9. The Bertz CT molecular complexity index is 1180. The molecule has 10 nitrogen and oxygen atoms in total. The van der Waals surface area contributed by atoms with Gasteiger partial charge < -0.3 is 10.4 Å². The summed E-state index contributed by atoms with van der Waals surface area (Å²) >= 11 is 4.78. The van der Waals surface area contributed by atoms with Gasteiger partial charge in [0.2, 0.25) is 16.9 Å². The maximum Gasteiger partial charge on any atom is 0.269 e. The molecule has 0 bridgehead atoms. The van der Waals surface area contributed by atoms with Crippen LogP contribution in [-0.2, 0) is 5.75 Å². The summed E-state index contributed by atoms with van der Waals surface area (Å²) in [5.41, 5.74) is 1.44. The third-order valence-electron chi connectivity index (χ3n) is 3.91. The van der Waals surface area contributed by atoms with Gasteiger partial charge >= 0.3 is 0 Å². The first-order valence-corrected chi connectivity index (χ1v) is 9.96. The number of benzene rings is 2. The fraction of sp³-hybridized carbons (Fsp3) is 0.0588. The van der Waals surface area contributed by atoms with Crippen molar-refractivity contribution in [3.05, 3.63) is 69.0 Å². The molecule has 0 atom stereocenters. The average molecular weight is 474 g/mol. The van der Waals surface area contributed by atoms with Crippen LogP contribution in [0.15, 0.2) is 62.7 Å². The van der Waals surface area contributed by atoms with Crippen molar-refractivity contribution < 1.29 is 9.45 Å². The van der Waals surface area contributed by atoms with Gasteiger partial charge in [0.25, 0.3) is 5.69 Å². The lowest BCUT2D eigenvalue weighted by Crippen LogP contribution is -2.11. The molecule has 4 rings (SSSR count). The summed E-state index contributed by atoms with van der Waals surface area (Å²) in [6.45, 7) is 0. The maximum absolute atomic E-state index is 10.7. The van der Waals surface area contributed by atoms with Crippen LogP contribution in [0.1, 0.15) is 5.89 Å². The lowest BCUT2D eigenvalue weighted by molar-refractivity contribution is -0.384. The molecular formula is C17H12BrN7O3S. The van der Waals surface area contributed by atoms with Crippen LogP contribution in [0.2, 0.25) is 0 Å². The summed E-state index contributed by atoms with van der Waals surface area (Å²) in [5.74, 6) is 7.71. The van der Waals surface area contributed by atoms with E-state index in [4.69, 9.17) is 10.4 Å². The van der Waals surface area contributed by atoms with Crippen LogP contribution in [0.3, 0.4) is 0 Å². The number of non-ortho nitro benzene ring substituents is 1. The van der Waals surface area contributed by atoms with Crippen molar-refractivity contribution in [3.8, 4) is 22.8 Å². The second-order valence-electron chi connectivity index (χ2n) is 5.76. The Morgan fingerprint density at radius 2 is 1.93 bits per heavy atom. The molecule has 29 heavy (non-hydrogen) atoms. The number of nitrogen functional groups attached to an aromatic ring is 1. The molecule has 0 radical (unpaired) electrons. The molecule has 2 aromatic carbocycles. The third-order valence-corrected chi connectivity index (χ3v) is 5.53. The smallest absolute Gasteiger partial charge is 0.269 e. The minimum Gasteiger partial charge on any atom is -0.338 e. The van der Waals surface area contributed by atoms with Gasteiger partial charge in [-0.2, -0.15) is 4.98 Å². The summed E-state index contributed by atoms with van der Waals surface area (Å²) in [4.78, 5) is 14.6. The zero-order valence-corrected chi connectivity index (χ0v) is 17.0. The summed E-state index contributed by atoms with van der Waals surface area (Å²) in [5, 5.41) is 23.4. The quantitative estimate of drug-likeness (QED) is 0.192. The molecule has 0 saturated carbocycles. The molecule has 12 heteroatoms. The maximum atomic E-state index is 10.7. The van der Waals surface area contributed by atoms with E-state index in [2.05, 4.69) is 36.3 Å². The van der Waals surface area contributed by atoms with Crippen LogP contribution in [-0.4, -0.2) is 29.9 Å². The predicted octanol–water partition coefficient (Wildman–Crippen LogP) is 3.67. The molecule has 4 aromatic rings. The topological polar surface area (TPSA) is 139 Å². The number of hydrogen-bond acceptors (Lipinski definition) is 9. The van der Waals surface area contributed by atoms with E-state index < -0.39 is 4.92 Å². The molecule has 146 valence electrons. The Hall–Kier alpha value is -3.25. The molecule has 2 N–H and O–H groups in total. The molecule has 2 heterocycles. The Morgan fingerprint density at radius 3 is 2.66 bits per heavy atom. The number of thioether (sulfide) groups is 1. The number of nitro groups is 1. The molecule has 0 saturated heterocycles. The van der Waals surface area contributed by atoms with E-state index in [0.717, 1.165) is 10.0 Å². The van der Waals surface area contributed by atoms with Crippen LogP contribution in [0.5, 0.6) is 0 Å². The highest BCUT2D eigenvalue weighted by Gasteiger charge is 2.16. The van der Waals surface area contributed by atoms with Crippen molar-refractivity contribution >= 4 is 33.4 Å². The number of hydrogen-bond donors (Lipinski definition) is 1. The first-order chi connectivity index (χ1) is 14.0. The number of halogens is 1. The summed E-state index contributed by atoms with van der Waals surface area (Å²) in [6.07, 6.45) is 0. The minimum absolute atomic E-state index is 0.00355.